The summed E-state index contributed by atoms with van der Waals surface area (Å²) in [6.07, 6.45) is 0.755. The molecule has 0 bridgehead atoms. The summed E-state index contributed by atoms with van der Waals surface area (Å²) in [7, 11) is -3.94. The number of carbonyl (C=O) groups is 1. The molecular weight excluding hydrogens is 432 g/mol. The van der Waals surface area contributed by atoms with Gasteiger partial charge in [0, 0.05) is 0 Å². The highest BCUT2D eigenvalue weighted by Crippen LogP contribution is 2.28. The third kappa shape index (κ3) is 6.23. The summed E-state index contributed by atoms with van der Waals surface area (Å²) >= 11 is 0. The number of amides is 1. The van der Waals surface area contributed by atoms with Crippen molar-refractivity contribution in [3.8, 4) is 0 Å². The number of anilines is 1. The van der Waals surface area contributed by atoms with E-state index in [1.165, 1.54) is 4.31 Å². The molecule has 3 rings (SSSR count). The van der Waals surface area contributed by atoms with Crippen LogP contribution in [0.25, 0.3) is 0 Å². The number of hydrogen-bond donors (Lipinski definition) is 1. The van der Waals surface area contributed by atoms with Crippen molar-refractivity contribution in [3.63, 3.8) is 0 Å². The zero-order valence-electron chi connectivity index (χ0n) is 19.7. The van der Waals surface area contributed by atoms with Gasteiger partial charge in [-0.25, -0.2) is 8.42 Å². The standard InChI is InChI=1S/C27H32N2O3S/c1-20(2)17-25(23-11-7-5-8-12-23)28-27(30)19-29(26-16-15-21(3)18-22(26)4)33(31,32)24-13-9-6-10-14-24/h5-16,18,20,25H,17,19H2,1-4H3,(H,28,30)/t25-/m1/s1. The number of hydrogen-bond acceptors (Lipinski definition) is 3. The molecule has 0 aromatic heterocycles. The van der Waals surface area contributed by atoms with Gasteiger partial charge in [-0.1, -0.05) is 80.1 Å². The minimum Gasteiger partial charge on any atom is -0.348 e. The van der Waals surface area contributed by atoms with Crippen LogP contribution in [0, 0.1) is 19.8 Å². The second-order valence-corrected chi connectivity index (χ2v) is 10.6. The molecule has 5 nitrogen and oxygen atoms in total. The Morgan fingerprint density at radius 1 is 0.909 bits per heavy atom. The Bertz CT molecular complexity index is 1180. The molecule has 0 spiro atoms. The van der Waals surface area contributed by atoms with Crippen LogP contribution in [0.3, 0.4) is 0 Å². The first-order valence-electron chi connectivity index (χ1n) is 11.2. The van der Waals surface area contributed by atoms with Crippen LogP contribution in [-0.2, 0) is 14.8 Å². The van der Waals surface area contributed by atoms with Crippen molar-refractivity contribution in [2.75, 3.05) is 10.8 Å². The Kier molecular flexibility index (Phi) is 7.92. The Balaban J connectivity index is 1.95. The molecule has 6 heteroatoms. The monoisotopic (exact) mass is 464 g/mol. The van der Waals surface area contributed by atoms with Gasteiger partial charge in [-0.05, 0) is 55.5 Å². The zero-order chi connectivity index (χ0) is 24.0. The molecule has 3 aromatic rings. The Morgan fingerprint density at radius 2 is 1.52 bits per heavy atom. The molecule has 174 valence electrons. The van der Waals surface area contributed by atoms with E-state index >= 15 is 0 Å². The van der Waals surface area contributed by atoms with Gasteiger partial charge >= 0.3 is 0 Å². The van der Waals surface area contributed by atoms with E-state index in [9.17, 15) is 13.2 Å². The fourth-order valence-corrected chi connectivity index (χ4v) is 5.42. The van der Waals surface area contributed by atoms with E-state index in [0.29, 0.717) is 11.6 Å². The normalized spacial score (nSPS) is 12.4. The van der Waals surface area contributed by atoms with Gasteiger partial charge in [-0.3, -0.25) is 9.10 Å². The van der Waals surface area contributed by atoms with Gasteiger partial charge in [0.05, 0.1) is 16.6 Å². The maximum absolute atomic E-state index is 13.6. The second-order valence-electron chi connectivity index (χ2n) is 8.78. The number of aryl methyl sites for hydroxylation is 2. The van der Waals surface area contributed by atoms with Crippen LogP contribution in [0.4, 0.5) is 5.69 Å². The van der Waals surface area contributed by atoms with Crippen molar-refractivity contribution in [2.24, 2.45) is 5.92 Å². The summed E-state index contributed by atoms with van der Waals surface area (Å²) in [6.45, 7) is 7.71. The van der Waals surface area contributed by atoms with E-state index in [1.54, 1.807) is 36.4 Å². The lowest BCUT2D eigenvalue weighted by Crippen LogP contribution is -2.42. The van der Waals surface area contributed by atoms with E-state index in [1.807, 2.05) is 56.3 Å². The van der Waals surface area contributed by atoms with Crippen molar-refractivity contribution in [2.45, 2.75) is 45.1 Å². The first-order chi connectivity index (χ1) is 15.7. The molecule has 3 aromatic carbocycles. The molecule has 0 unspecified atom stereocenters. The third-order valence-corrected chi connectivity index (χ3v) is 7.26. The predicted molar refractivity (Wildman–Crippen MR) is 134 cm³/mol. The van der Waals surface area contributed by atoms with Crippen LogP contribution in [-0.4, -0.2) is 20.9 Å². The molecule has 0 radical (unpaired) electrons. The summed E-state index contributed by atoms with van der Waals surface area (Å²) in [5.74, 6) is 0.0167. The highest BCUT2D eigenvalue weighted by molar-refractivity contribution is 7.92. The average Bonchev–Trinajstić information content (AvgIpc) is 2.78. The lowest BCUT2D eigenvalue weighted by Gasteiger charge is -2.27. The smallest absolute Gasteiger partial charge is 0.264 e. The molecule has 33 heavy (non-hydrogen) atoms. The van der Waals surface area contributed by atoms with Crippen LogP contribution in [0.15, 0.2) is 83.8 Å². The molecule has 1 atom stereocenters. The summed E-state index contributed by atoms with van der Waals surface area (Å²) < 4.78 is 28.4. The highest BCUT2D eigenvalue weighted by atomic mass is 32.2. The first-order valence-corrected chi connectivity index (χ1v) is 12.6. The van der Waals surface area contributed by atoms with Gasteiger partial charge < -0.3 is 5.32 Å². The molecule has 0 fully saturated rings. The number of carbonyl (C=O) groups excluding carboxylic acids is 1. The minimum atomic E-state index is -3.94. The summed E-state index contributed by atoms with van der Waals surface area (Å²) in [6, 6.07) is 23.4. The van der Waals surface area contributed by atoms with E-state index in [-0.39, 0.29) is 23.4 Å². The zero-order valence-corrected chi connectivity index (χ0v) is 20.5. The quantitative estimate of drug-likeness (QED) is 0.461. The van der Waals surface area contributed by atoms with Gasteiger partial charge in [0.15, 0.2) is 0 Å². The lowest BCUT2D eigenvalue weighted by molar-refractivity contribution is -0.120. The minimum absolute atomic E-state index is 0.152. The fourth-order valence-electron chi connectivity index (χ4n) is 3.91. The van der Waals surface area contributed by atoms with Crippen molar-refractivity contribution in [1.82, 2.24) is 5.32 Å². The first kappa shape index (κ1) is 24.5. The Labute approximate surface area is 197 Å². The van der Waals surface area contributed by atoms with Crippen LogP contribution < -0.4 is 9.62 Å². The topological polar surface area (TPSA) is 66.5 Å². The van der Waals surface area contributed by atoms with Crippen LogP contribution >= 0.6 is 0 Å². The van der Waals surface area contributed by atoms with E-state index in [0.717, 1.165) is 23.1 Å². The van der Waals surface area contributed by atoms with E-state index < -0.39 is 10.0 Å². The van der Waals surface area contributed by atoms with E-state index in [2.05, 4.69) is 19.2 Å². The van der Waals surface area contributed by atoms with Crippen molar-refractivity contribution in [3.05, 3.63) is 95.6 Å². The molecule has 0 aliphatic heterocycles. The van der Waals surface area contributed by atoms with Gasteiger partial charge in [0.25, 0.3) is 10.0 Å². The summed E-state index contributed by atoms with van der Waals surface area (Å²) in [5.41, 5.74) is 3.33. The van der Waals surface area contributed by atoms with Gasteiger partial charge in [0.2, 0.25) is 5.91 Å². The van der Waals surface area contributed by atoms with Crippen LogP contribution in [0.5, 0.6) is 0 Å². The SMILES string of the molecule is Cc1ccc(N(CC(=O)N[C@H](CC(C)C)c2ccccc2)S(=O)(=O)c2ccccc2)c(C)c1. The fraction of sp³-hybridized carbons (Fsp3) is 0.296. The second kappa shape index (κ2) is 10.7. The van der Waals surface area contributed by atoms with Gasteiger partial charge in [-0.15, -0.1) is 0 Å². The molecule has 0 heterocycles. The molecule has 0 saturated heterocycles. The molecule has 1 amide bonds. The molecule has 0 saturated carbocycles. The Morgan fingerprint density at radius 3 is 2.09 bits per heavy atom. The van der Waals surface area contributed by atoms with Crippen molar-refractivity contribution < 1.29 is 13.2 Å². The number of benzene rings is 3. The van der Waals surface area contributed by atoms with Crippen LogP contribution in [0.1, 0.15) is 43.0 Å². The number of sulfonamides is 1. The van der Waals surface area contributed by atoms with Crippen molar-refractivity contribution in [1.29, 1.82) is 0 Å². The molecular formula is C27H32N2O3S. The highest BCUT2D eigenvalue weighted by Gasteiger charge is 2.29. The molecule has 0 aliphatic rings. The van der Waals surface area contributed by atoms with Gasteiger partial charge in [-0.2, -0.15) is 0 Å². The Hall–Kier alpha value is -3.12. The molecule has 0 aliphatic carbocycles. The van der Waals surface area contributed by atoms with E-state index in [4.69, 9.17) is 0 Å². The summed E-state index contributed by atoms with van der Waals surface area (Å²) in [4.78, 5) is 13.4. The largest absolute Gasteiger partial charge is 0.348 e. The number of rotatable bonds is 9. The lowest BCUT2D eigenvalue weighted by atomic mass is 9.97. The number of nitrogens with zero attached hydrogens (tertiary/aromatic N) is 1. The predicted octanol–water partition coefficient (Wildman–Crippen LogP) is 5.40. The maximum Gasteiger partial charge on any atom is 0.264 e. The maximum atomic E-state index is 13.6. The third-order valence-electron chi connectivity index (χ3n) is 5.48. The van der Waals surface area contributed by atoms with Crippen LogP contribution in [0.2, 0.25) is 0 Å². The van der Waals surface area contributed by atoms with Gasteiger partial charge in [0.1, 0.15) is 6.54 Å². The average molecular weight is 465 g/mol. The summed E-state index contributed by atoms with van der Waals surface area (Å²) in [5, 5.41) is 3.07. The van der Waals surface area contributed by atoms with Crippen molar-refractivity contribution >= 4 is 21.6 Å². The number of nitrogens with one attached hydrogen (secondary N) is 1. The molecule has 1 N–H and O–H groups in total.